The van der Waals surface area contributed by atoms with E-state index in [1.807, 2.05) is 0 Å². The summed E-state index contributed by atoms with van der Waals surface area (Å²) in [5, 5.41) is 0.583. The fraction of sp³-hybridized carbons (Fsp3) is 0.200. The zero-order valence-electron chi connectivity index (χ0n) is 4.09. The lowest BCUT2D eigenvalue weighted by molar-refractivity contribution is 0.0934. The number of rotatable bonds is 0. The molecule has 1 heterocycles. The summed E-state index contributed by atoms with van der Waals surface area (Å²) in [5.74, 6) is 0. The quantitative estimate of drug-likeness (QED) is 0.311. The summed E-state index contributed by atoms with van der Waals surface area (Å²) in [6.45, 7) is 0. The molecule has 1 unspecified atom stereocenters. The molecular formula is C5H5BrFN. The van der Waals surface area contributed by atoms with Crippen LogP contribution >= 0.6 is 15.9 Å². The highest BCUT2D eigenvalue weighted by Crippen LogP contribution is 2.13. The molecule has 44 valence electrons. The summed E-state index contributed by atoms with van der Waals surface area (Å²) >= 11 is 3.07. The monoisotopic (exact) mass is 177 g/mol. The van der Waals surface area contributed by atoms with E-state index in [4.69, 9.17) is 0 Å². The van der Waals surface area contributed by atoms with Gasteiger partial charge in [-0.25, -0.2) is 5.12 Å². The van der Waals surface area contributed by atoms with Crippen LogP contribution in [0.15, 0.2) is 24.4 Å². The fourth-order valence-electron chi connectivity index (χ4n) is 0.452. The maximum Gasteiger partial charge on any atom is 0.134 e. The van der Waals surface area contributed by atoms with Crippen molar-refractivity contribution in [3.8, 4) is 0 Å². The molecule has 1 nitrogen and oxygen atoms in total. The molecule has 0 aromatic rings. The molecule has 1 aliphatic heterocycles. The second kappa shape index (κ2) is 2.31. The summed E-state index contributed by atoms with van der Waals surface area (Å²) < 4.78 is 12.2. The molecule has 0 aromatic heterocycles. The SMILES string of the molecule is FN1C=CC=CC1Br. The van der Waals surface area contributed by atoms with Crippen LogP contribution in [0.1, 0.15) is 0 Å². The van der Waals surface area contributed by atoms with Gasteiger partial charge in [-0.2, -0.15) is 0 Å². The maximum atomic E-state index is 12.2. The first kappa shape index (κ1) is 5.82. The molecule has 1 aliphatic rings. The first-order valence-electron chi connectivity index (χ1n) is 2.24. The second-order valence-corrected chi connectivity index (χ2v) is 2.38. The van der Waals surface area contributed by atoms with E-state index >= 15 is 0 Å². The average molecular weight is 178 g/mol. The third kappa shape index (κ3) is 1.10. The Morgan fingerprint density at radius 3 is 2.62 bits per heavy atom. The second-order valence-electron chi connectivity index (χ2n) is 1.44. The van der Waals surface area contributed by atoms with Crippen LogP contribution in [0.25, 0.3) is 0 Å². The lowest BCUT2D eigenvalue weighted by atomic mass is 10.4. The van der Waals surface area contributed by atoms with Crippen molar-refractivity contribution in [2.45, 2.75) is 4.95 Å². The third-order valence-electron chi connectivity index (χ3n) is 0.845. The van der Waals surface area contributed by atoms with Crippen LogP contribution < -0.4 is 0 Å². The van der Waals surface area contributed by atoms with Crippen LogP contribution in [-0.2, 0) is 0 Å². The number of allylic oxidation sites excluding steroid dienone is 2. The largest absolute Gasteiger partial charge is 0.201 e. The number of halogens is 2. The van der Waals surface area contributed by atoms with Gasteiger partial charge in [-0.1, -0.05) is 26.5 Å². The van der Waals surface area contributed by atoms with Crippen molar-refractivity contribution in [1.29, 1.82) is 0 Å². The number of hydrogen-bond acceptors (Lipinski definition) is 1. The lowest BCUT2D eigenvalue weighted by Gasteiger charge is -2.13. The molecule has 3 heteroatoms. The molecule has 1 rings (SSSR count). The van der Waals surface area contributed by atoms with Crippen molar-refractivity contribution in [3.63, 3.8) is 0 Å². The Balaban J connectivity index is 2.59. The number of nitrogens with zero attached hydrogens (tertiary/aromatic N) is 1. The molecule has 0 aliphatic carbocycles. The lowest BCUT2D eigenvalue weighted by Crippen LogP contribution is -2.15. The summed E-state index contributed by atoms with van der Waals surface area (Å²) in [4.78, 5) is -0.285. The number of alkyl halides is 1. The van der Waals surface area contributed by atoms with Crippen molar-refractivity contribution in [2.75, 3.05) is 0 Å². The number of hydrogen-bond donors (Lipinski definition) is 0. The zero-order chi connectivity index (χ0) is 5.98. The van der Waals surface area contributed by atoms with Gasteiger partial charge in [-0.15, -0.1) is 0 Å². The molecule has 0 radical (unpaired) electrons. The van der Waals surface area contributed by atoms with Crippen LogP contribution in [0.5, 0.6) is 0 Å². The van der Waals surface area contributed by atoms with Gasteiger partial charge >= 0.3 is 0 Å². The summed E-state index contributed by atoms with van der Waals surface area (Å²) in [7, 11) is 0. The van der Waals surface area contributed by atoms with Gasteiger partial charge in [-0.3, -0.25) is 0 Å². The molecule has 0 aromatic carbocycles. The first-order valence-corrected chi connectivity index (χ1v) is 3.15. The normalized spacial score (nSPS) is 26.8. The molecule has 0 N–H and O–H groups in total. The van der Waals surface area contributed by atoms with Crippen LogP contribution in [0.3, 0.4) is 0 Å². The molecule has 8 heavy (non-hydrogen) atoms. The maximum absolute atomic E-state index is 12.2. The van der Waals surface area contributed by atoms with Crippen LogP contribution in [0.2, 0.25) is 0 Å². The Morgan fingerprint density at radius 2 is 2.25 bits per heavy atom. The van der Waals surface area contributed by atoms with E-state index in [0.29, 0.717) is 5.12 Å². The highest BCUT2D eigenvalue weighted by atomic mass is 79.9. The standard InChI is InChI=1S/C5H5BrFN/c6-5-3-1-2-4-8(5)7/h1-5H. The summed E-state index contributed by atoms with van der Waals surface area (Å²) in [6, 6.07) is 0. The van der Waals surface area contributed by atoms with E-state index in [0.717, 1.165) is 0 Å². The Bertz CT molecular complexity index is 116. The smallest absolute Gasteiger partial charge is 0.134 e. The van der Waals surface area contributed by atoms with E-state index in [2.05, 4.69) is 15.9 Å². The van der Waals surface area contributed by atoms with Gasteiger partial charge in [0.15, 0.2) is 0 Å². The highest BCUT2D eigenvalue weighted by molar-refractivity contribution is 9.09. The predicted octanol–water partition coefficient (Wildman–Crippen LogP) is 1.98. The minimum absolute atomic E-state index is 0.285. The van der Waals surface area contributed by atoms with E-state index < -0.39 is 0 Å². The minimum Gasteiger partial charge on any atom is -0.201 e. The highest BCUT2D eigenvalue weighted by Gasteiger charge is 2.07. The predicted molar refractivity (Wildman–Crippen MR) is 33.9 cm³/mol. The summed E-state index contributed by atoms with van der Waals surface area (Å²) in [6.07, 6.45) is 6.49. The first-order chi connectivity index (χ1) is 3.80. The van der Waals surface area contributed by atoms with Crippen LogP contribution in [0.4, 0.5) is 4.48 Å². The van der Waals surface area contributed by atoms with Crippen LogP contribution in [-0.4, -0.2) is 10.1 Å². The molecule has 0 spiro atoms. The van der Waals surface area contributed by atoms with E-state index in [9.17, 15) is 4.48 Å². The van der Waals surface area contributed by atoms with Gasteiger partial charge < -0.3 is 0 Å². The van der Waals surface area contributed by atoms with E-state index in [1.54, 1.807) is 18.2 Å². The molecule has 0 bridgehead atoms. The molecule has 0 fully saturated rings. The minimum atomic E-state index is -0.285. The Labute approximate surface area is 55.5 Å². The molecule has 0 saturated heterocycles. The van der Waals surface area contributed by atoms with Crippen molar-refractivity contribution in [3.05, 3.63) is 24.4 Å². The van der Waals surface area contributed by atoms with E-state index in [-0.39, 0.29) is 4.95 Å². The topological polar surface area (TPSA) is 3.24 Å². The van der Waals surface area contributed by atoms with Crippen molar-refractivity contribution in [1.82, 2.24) is 5.12 Å². The summed E-state index contributed by atoms with van der Waals surface area (Å²) in [5.41, 5.74) is 0. The van der Waals surface area contributed by atoms with Crippen molar-refractivity contribution < 1.29 is 4.48 Å². The molecule has 0 saturated carbocycles. The Kier molecular flexibility index (Phi) is 1.68. The molecular weight excluding hydrogens is 173 g/mol. The molecule has 1 atom stereocenters. The third-order valence-corrected chi connectivity index (χ3v) is 1.54. The fourth-order valence-corrected chi connectivity index (χ4v) is 0.765. The van der Waals surface area contributed by atoms with Gasteiger partial charge in [0, 0.05) is 6.20 Å². The van der Waals surface area contributed by atoms with Gasteiger partial charge in [-0.05, 0) is 12.2 Å². The van der Waals surface area contributed by atoms with Gasteiger partial charge in [0.1, 0.15) is 4.95 Å². The van der Waals surface area contributed by atoms with E-state index in [1.165, 1.54) is 6.20 Å². The average Bonchev–Trinajstić information content (AvgIpc) is 1.77. The van der Waals surface area contributed by atoms with Crippen molar-refractivity contribution >= 4 is 15.9 Å². The molecule has 0 amide bonds. The van der Waals surface area contributed by atoms with Crippen molar-refractivity contribution in [2.24, 2.45) is 0 Å². The van der Waals surface area contributed by atoms with Gasteiger partial charge in [0.2, 0.25) is 0 Å². The van der Waals surface area contributed by atoms with Gasteiger partial charge in [0.05, 0.1) is 0 Å². The Hall–Kier alpha value is -0.310. The Morgan fingerprint density at radius 1 is 1.50 bits per heavy atom. The van der Waals surface area contributed by atoms with Crippen LogP contribution in [0, 0.1) is 0 Å². The zero-order valence-corrected chi connectivity index (χ0v) is 5.68. The van der Waals surface area contributed by atoms with Gasteiger partial charge in [0.25, 0.3) is 0 Å².